The van der Waals surface area contributed by atoms with Crippen LogP contribution in [0.3, 0.4) is 0 Å². The highest BCUT2D eigenvalue weighted by molar-refractivity contribution is 7.99. The van der Waals surface area contributed by atoms with Gasteiger partial charge in [0.05, 0.1) is 6.10 Å². The fourth-order valence-corrected chi connectivity index (χ4v) is 5.31. The van der Waals surface area contributed by atoms with E-state index in [0.29, 0.717) is 6.54 Å². The van der Waals surface area contributed by atoms with Gasteiger partial charge in [0, 0.05) is 55.6 Å². The first-order chi connectivity index (χ1) is 10.5. The van der Waals surface area contributed by atoms with E-state index < -0.39 is 5.54 Å². The van der Waals surface area contributed by atoms with Gasteiger partial charge in [-0.25, -0.2) is 0 Å². The third kappa shape index (κ3) is 3.69. The highest BCUT2D eigenvalue weighted by Crippen LogP contribution is 2.57. The van der Waals surface area contributed by atoms with Gasteiger partial charge in [0.1, 0.15) is 5.54 Å². The second kappa shape index (κ2) is 8.78. The summed E-state index contributed by atoms with van der Waals surface area (Å²) in [7, 11) is 0. The minimum Gasteiger partial charge on any atom is -0.377 e. The van der Waals surface area contributed by atoms with E-state index in [1.54, 1.807) is 0 Å². The van der Waals surface area contributed by atoms with E-state index in [1.807, 2.05) is 11.8 Å². The Labute approximate surface area is 162 Å². The standard InChI is InChI=1S/C16H29N3O2S.2ClH/c1-15(2)13-12(4-3-9-21-13)16(15,17)14(20)18-5-6-19-7-10-22-11-8-19;;/h12-13H,3-11,17H2,1-2H3,(H,18,20);2*1H. The van der Waals surface area contributed by atoms with E-state index in [1.165, 1.54) is 11.5 Å². The lowest BCUT2D eigenvalue weighted by molar-refractivity contribution is -0.225. The summed E-state index contributed by atoms with van der Waals surface area (Å²) in [6, 6.07) is 0. The molecule has 0 aromatic rings. The molecule has 1 amide bonds. The summed E-state index contributed by atoms with van der Waals surface area (Å²) in [6.45, 7) is 8.80. The number of carbonyl (C=O) groups excluding carboxylic acids is 1. The van der Waals surface area contributed by atoms with Crippen LogP contribution >= 0.6 is 36.6 Å². The molecule has 3 atom stereocenters. The maximum Gasteiger partial charge on any atom is 0.241 e. The smallest absolute Gasteiger partial charge is 0.241 e. The number of hydrogen-bond donors (Lipinski definition) is 2. The molecule has 24 heavy (non-hydrogen) atoms. The SMILES string of the molecule is CC1(C)C2OCCCC2C1(N)C(=O)NCCN1CCSCC1.Cl.Cl. The quantitative estimate of drug-likeness (QED) is 0.749. The predicted molar refractivity (Wildman–Crippen MR) is 104 cm³/mol. The first kappa shape index (κ1) is 22.3. The first-order valence-electron chi connectivity index (χ1n) is 8.47. The number of rotatable bonds is 4. The fourth-order valence-electron chi connectivity index (χ4n) is 4.34. The Morgan fingerprint density at radius 1 is 1.33 bits per heavy atom. The van der Waals surface area contributed by atoms with Gasteiger partial charge in [0.2, 0.25) is 5.91 Å². The molecule has 2 heterocycles. The minimum absolute atomic E-state index is 0. The Balaban J connectivity index is 0.00000144. The Bertz CT molecular complexity index is 436. The summed E-state index contributed by atoms with van der Waals surface area (Å²) in [6.07, 6.45) is 2.15. The summed E-state index contributed by atoms with van der Waals surface area (Å²) >= 11 is 2.00. The van der Waals surface area contributed by atoms with Crippen LogP contribution in [0.4, 0.5) is 0 Å². The van der Waals surface area contributed by atoms with Crippen molar-refractivity contribution >= 4 is 42.5 Å². The molecule has 3 fully saturated rings. The van der Waals surface area contributed by atoms with Crippen molar-refractivity contribution in [3.8, 4) is 0 Å². The number of nitrogens with zero attached hydrogens (tertiary/aromatic N) is 1. The number of thioether (sulfide) groups is 1. The third-order valence-electron chi connectivity index (χ3n) is 5.88. The molecule has 2 saturated heterocycles. The lowest BCUT2D eigenvalue weighted by Crippen LogP contribution is -2.82. The Morgan fingerprint density at radius 2 is 2.00 bits per heavy atom. The van der Waals surface area contributed by atoms with Gasteiger partial charge in [-0.2, -0.15) is 11.8 Å². The Morgan fingerprint density at radius 3 is 2.67 bits per heavy atom. The van der Waals surface area contributed by atoms with Gasteiger partial charge in [0.25, 0.3) is 0 Å². The minimum atomic E-state index is -0.782. The van der Waals surface area contributed by atoms with Gasteiger partial charge in [-0.3, -0.25) is 9.69 Å². The van der Waals surface area contributed by atoms with Crippen molar-refractivity contribution in [2.45, 2.75) is 38.3 Å². The molecule has 3 N–H and O–H groups in total. The largest absolute Gasteiger partial charge is 0.377 e. The molecule has 0 aromatic carbocycles. The normalized spacial score (nSPS) is 34.8. The van der Waals surface area contributed by atoms with E-state index in [2.05, 4.69) is 24.1 Å². The van der Waals surface area contributed by atoms with Gasteiger partial charge in [0.15, 0.2) is 0 Å². The molecule has 0 bridgehead atoms. The molecule has 5 nitrogen and oxygen atoms in total. The number of nitrogens with two attached hydrogens (primary N) is 1. The molecular weight excluding hydrogens is 369 g/mol. The zero-order chi connectivity index (χ0) is 15.8. The molecule has 3 unspecified atom stereocenters. The molecule has 1 aliphatic carbocycles. The van der Waals surface area contributed by atoms with Crippen molar-refractivity contribution in [2.24, 2.45) is 17.1 Å². The molecule has 1 saturated carbocycles. The predicted octanol–water partition coefficient (Wildman–Crippen LogP) is 1.53. The molecule has 0 spiro atoms. The maximum absolute atomic E-state index is 12.7. The van der Waals surface area contributed by atoms with E-state index in [4.69, 9.17) is 10.5 Å². The van der Waals surface area contributed by atoms with Gasteiger partial charge in [-0.1, -0.05) is 13.8 Å². The maximum atomic E-state index is 12.7. The molecule has 142 valence electrons. The average molecular weight is 400 g/mol. The Hall–Kier alpha value is 0.280. The summed E-state index contributed by atoms with van der Waals surface area (Å²) in [5, 5.41) is 3.09. The zero-order valence-corrected chi connectivity index (χ0v) is 17.0. The second-order valence-corrected chi connectivity index (χ2v) is 8.57. The van der Waals surface area contributed by atoms with Crippen LogP contribution in [0.25, 0.3) is 0 Å². The molecule has 8 heteroatoms. The van der Waals surface area contributed by atoms with Crippen molar-refractivity contribution < 1.29 is 9.53 Å². The van der Waals surface area contributed by atoms with E-state index >= 15 is 0 Å². The first-order valence-corrected chi connectivity index (χ1v) is 9.62. The summed E-state index contributed by atoms with van der Waals surface area (Å²) < 4.78 is 5.87. The van der Waals surface area contributed by atoms with Crippen molar-refractivity contribution in [3.05, 3.63) is 0 Å². The molecule has 0 radical (unpaired) electrons. The van der Waals surface area contributed by atoms with Crippen LogP contribution in [0.2, 0.25) is 0 Å². The van der Waals surface area contributed by atoms with Crippen molar-refractivity contribution in [1.82, 2.24) is 10.2 Å². The number of ether oxygens (including phenoxy) is 1. The monoisotopic (exact) mass is 399 g/mol. The average Bonchev–Trinajstić information content (AvgIpc) is 2.55. The van der Waals surface area contributed by atoms with Crippen molar-refractivity contribution in [3.63, 3.8) is 0 Å². The number of hydrogen-bond acceptors (Lipinski definition) is 5. The molecular formula is C16H31Cl2N3O2S. The summed E-state index contributed by atoms with van der Waals surface area (Å²) in [5.41, 5.74) is 5.52. The molecule has 3 aliphatic rings. The lowest BCUT2D eigenvalue weighted by Gasteiger charge is -2.65. The summed E-state index contributed by atoms with van der Waals surface area (Å²) in [5.74, 6) is 2.57. The van der Waals surface area contributed by atoms with Crippen molar-refractivity contribution in [2.75, 3.05) is 44.3 Å². The Kier molecular flexibility index (Phi) is 8.17. The number of halogens is 2. The van der Waals surface area contributed by atoms with Crippen LogP contribution in [-0.4, -0.2) is 66.7 Å². The van der Waals surface area contributed by atoms with E-state index in [0.717, 1.165) is 39.1 Å². The van der Waals surface area contributed by atoms with Gasteiger partial charge < -0.3 is 15.8 Å². The highest BCUT2D eigenvalue weighted by Gasteiger charge is 2.70. The van der Waals surface area contributed by atoms with Gasteiger partial charge in [-0.15, -0.1) is 24.8 Å². The molecule has 3 rings (SSSR count). The van der Waals surface area contributed by atoms with Crippen LogP contribution in [0.1, 0.15) is 26.7 Å². The number of carbonyl (C=O) groups is 1. The molecule has 0 aromatic heterocycles. The van der Waals surface area contributed by atoms with Gasteiger partial charge >= 0.3 is 0 Å². The third-order valence-corrected chi connectivity index (χ3v) is 6.82. The zero-order valence-electron chi connectivity index (χ0n) is 14.6. The summed E-state index contributed by atoms with van der Waals surface area (Å²) in [4.78, 5) is 15.2. The van der Waals surface area contributed by atoms with Crippen LogP contribution in [0, 0.1) is 11.3 Å². The number of nitrogens with one attached hydrogen (secondary N) is 1. The van der Waals surface area contributed by atoms with Crippen LogP contribution in [0.5, 0.6) is 0 Å². The van der Waals surface area contributed by atoms with Crippen LogP contribution < -0.4 is 11.1 Å². The highest BCUT2D eigenvalue weighted by atomic mass is 35.5. The van der Waals surface area contributed by atoms with E-state index in [-0.39, 0.29) is 48.2 Å². The van der Waals surface area contributed by atoms with E-state index in [9.17, 15) is 4.79 Å². The van der Waals surface area contributed by atoms with Crippen LogP contribution in [0.15, 0.2) is 0 Å². The number of amides is 1. The van der Waals surface area contributed by atoms with Gasteiger partial charge in [-0.05, 0) is 12.8 Å². The lowest BCUT2D eigenvalue weighted by atomic mass is 9.46. The second-order valence-electron chi connectivity index (χ2n) is 7.34. The molecule has 2 aliphatic heterocycles. The fraction of sp³-hybridized carbons (Fsp3) is 0.938. The number of fused-ring (bicyclic) bond motifs is 1. The van der Waals surface area contributed by atoms with Crippen molar-refractivity contribution in [1.29, 1.82) is 0 Å². The topological polar surface area (TPSA) is 67.6 Å². The van der Waals surface area contributed by atoms with Crippen LogP contribution in [-0.2, 0) is 9.53 Å².